The van der Waals surface area contributed by atoms with Gasteiger partial charge in [-0.3, -0.25) is 0 Å². The third-order valence-corrected chi connectivity index (χ3v) is 1.07. The molecule has 0 bridgehead atoms. The largest absolute Gasteiger partial charge is 0.412 e. The number of nitrogens with one attached hydrogen (secondary N) is 1. The first kappa shape index (κ1) is 30.5. The molecule has 78 valence electrons. The standard InChI is InChI=1S/C5H7NO.5H2O/c7-4-5-2-1-3-6-5;;;;;/h6H,1-3H2;5*1H2. The zero-order valence-corrected chi connectivity index (χ0v) is 6.53. The van der Waals surface area contributed by atoms with Gasteiger partial charge in [0.05, 0.1) is 5.70 Å². The van der Waals surface area contributed by atoms with Crippen LogP contribution >= 0.6 is 0 Å². The van der Waals surface area contributed by atoms with E-state index in [1.165, 1.54) is 0 Å². The number of carbonyl (C=O) groups excluding carboxylic acids is 1. The van der Waals surface area contributed by atoms with Gasteiger partial charge in [-0.1, -0.05) is 0 Å². The quantitative estimate of drug-likeness (QED) is 0.378. The molecule has 0 spiro atoms. The Morgan fingerprint density at radius 3 is 1.75 bits per heavy atom. The van der Waals surface area contributed by atoms with Crippen LogP contribution in [0.3, 0.4) is 0 Å². The van der Waals surface area contributed by atoms with Crippen LogP contribution in [0.4, 0.5) is 0 Å². The molecule has 1 heterocycles. The van der Waals surface area contributed by atoms with Crippen molar-refractivity contribution in [2.24, 2.45) is 0 Å². The highest BCUT2D eigenvalue weighted by Crippen LogP contribution is 2.03. The highest BCUT2D eigenvalue weighted by atomic mass is 16.1. The molecule has 0 radical (unpaired) electrons. The first-order valence-corrected chi connectivity index (χ1v) is 2.41. The van der Waals surface area contributed by atoms with Crippen LogP contribution in [0.1, 0.15) is 12.8 Å². The zero-order valence-electron chi connectivity index (χ0n) is 6.53. The Labute approximate surface area is 69.6 Å². The van der Waals surface area contributed by atoms with Gasteiger partial charge in [-0.2, -0.15) is 0 Å². The van der Waals surface area contributed by atoms with Gasteiger partial charge in [0.2, 0.25) is 0 Å². The van der Waals surface area contributed by atoms with Crippen LogP contribution in [0.5, 0.6) is 0 Å². The van der Waals surface area contributed by atoms with Crippen molar-refractivity contribution in [2.75, 3.05) is 6.54 Å². The second-order valence-electron chi connectivity index (χ2n) is 1.61. The molecule has 0 aromatic heterocycles. The fraction of sp³-hybridized carbons (Fsp3) is 0.600. The molecule has 1 aliphatic rings. The molecule has 1 aliphatic heterocycles. The Hall–Kier alpha value is -0.950. The molecule has 1 saturated heterocycles. The van der Waals surface area contributed by atoms with Gasteiger partial charge in [-0.05, 0) is 12.8 Å². The summed E-state index contributed by atoms with van der Waals surface area (Å²) in [6.07, 6.45) is 1.98. The Balaban J connectivity index is -0.0000000327. The normalized spacial score (nSPS) is 10.8. The van der Waals surface area contributed by atoms with E-state index in [2.05, 4.69) is 5.32 Å². The van der Waals surface area contributed by atoms with Gasteiger partial charge in [0.15, 0.2) is 0 Å². The summed E-state index contributed by atoms with van der Waals surface area (Å²) in [5.41, 5.74) is 0.736. The van der Waals surface area contributed by atoms with Crippen molar-refractivity contribution in [3.05, 3.63) is 5.70 Å². The van der Waals surface area contributed by atoms with Crippen molar-refractivity contribution in [2.45, 2.75) is 12.8 Å². The van der Waals surface area contributed by atoms with Crippen LogP contribution in [-0.4, -0.2) is 39.9 Å². The molecule has 0 saturated carbocycles. The average molecular weight is 187 g/mol. The van der Waals surface area contributed by atoms with Crippen molar-refractivity contribution in [1.82, 2.24) is 5.32 Å². The third-order valence-electron chi connectivity index (χ3n) is 1.07. The van der Waals surface area contributed by atoms with Gasteiger partial charge >= 0.3 is 0 Å². The Kier molecular flexibility index (Phi) is 42.1. The molecule has 12 heavy (non-hydrogen) atoms. The maximum atomic E-state index is 9.78. The number of hydrogen-bond donors (Lipinski definition) is 1. The summed E-state index contributed by atoms with van der Waals surface area (Å²) >= 11 is 0. The number of rotatable bonds is 0. The molecule has 0 aromatic carbocycles. The SMILES string of the molecule is O.O.O.O.O.O=C=C1CCCN1. The van der Waals surface area contributed by atoms with Crippen LogP contribution < -0.4 is 5.32 Å². The summed E-state index contributed by atoms with van der Waals surface area (Å²) in [7, 11) is 0. The average Bonchev–Trinajstić information content (AvgIpc) is 2.14. The van der Waals surface area contributed by atoms with E-state index in [0.717, 1.165) is 25.1 Å². The van der Waals surface area contributed by atoms with E-state index in [1.807, 2.05) is 5.94 Å². The van der Waals surface area contributed by atoms with Gasteiger partial charge in [-0.25, -0.2) is 4.79 Å². The van der Waals surface area contributed by atoms with Gasteiger partial charge in [0.1, 0.15) is 5.94 Å². The highest BCUT2D eigenvalue weighted by molar-refractivity contribution is 5.51. The molecule has 1 fully saturated rings. The van der Waals surface area contributed by atoms with Gasteiger partial charge in [0.25, 0.3) is 0 Å². The summed E-state index contributed by atoms with van der Waals surface area (Å²) in [4.78, 5) is 9.78. The van der Waals surface area contributed by atoms with E-state index in [4.69, 9.17) is 0 Å². The minimum Gasteiger partial charge on any atom is -0.412 e. The molecule has 1 rings (SSSR count). The molecule has 0 unspecified atom stereocenters. The molecule has 0 atom stereocenters. The van der Waals surface area contributed by atoms with Crippen molar-refractivity contribution in [1.29, 1.82) is 0 Å². The third kappa shape index (κ3) is 9.05. The predicted octanol–water partition coefficient (Wildman–Crippen LogP) is -4.04. The summed E-state index contributed by atoms with van der Waals surface area (Å²) in [6, 6.07) is 0. The molecular weight excluding hydrogens is 170 g/mol. The van der Waals surface area contributed by atoms with Crippen LogP contribution in [0.2, 0.25) is 0 Å². The molecule has 7 nitrogen and oxygen atoms in total. The minimum absolute atomic E-state index is 0. The van der Waals surface area contributed by atoms with E-state index < -0.39 is 0 Å². The Morgan fingerprint density at radius 2 is 1.58 bits per heavy atom. The first-order valence-electron chi connectivity index (χ1n) is 2.41. The lowest BCUT2D eigenvalue weighted by molar-refractivity contribution is 0.565. The van der Waals surface area contributed by atoms with E-state index in [-0.39, 0.29) is 27.4 Å². The molecule has 0 amide bonds. The Morgan fingerprint density at radius 1 is 1.08 bits per heavy atom. The maximum Gasteiger partial charge on any atom is 0.145 e. The van der Waals surface area contributed by atoms with E-state index >= 15 is 0 Å². The topological polar surface area (TPSA) is 187 Å². The lowest BCUT2D eigenvalue weighted by Gasteiger charge is -1.84. The van der Waals surface area contributed by atoms with Crippen LogP contribution in [0, 0.1) is 0 Å². The summed E-state index contributed by atoms with van der Waals surface area (Å²) in [5.74, 6) is 1.82. The van der Waals surface area contributed by atoms with E-state index in [0.29, 0.717) is 0 Å². The maximum absolute atomic E-state index is 9.78. The first-order chi connectivity index (χ1) is 3.43. The highest BCUT2D eigenvalue weighted by Gasteiger charge is 2.03. The zero-order chi connectivity index (χ0) is 5.11. The molecular formula is C5H17NO6. The summed E-state index contributed by atoms with van der Waals surface area (Å²) in [6.45, 7) is 0.949. The van der Waals surface area contributed by atoms with Gasteiger partial charge in [-0.15, -0.1) is 0 Å². The van der Waals surface area contributed by atoms with Crippen LogP contribution in [0.25, 0.3) is 0 Å². The molecule has 7 heteroatoms. The monoisotopic (exact) mass is 187 g/mol. The lowest BCUT2D eigenvalue weighted by Crippen LogP contribution is -2.03. The van der Waals surface area contributed by atoms with Crippen molar-refractivity contribution >= 4 is 5.94 Å². The number of hydrogen-bond acceptors (Lipinski definition) is 2. The molecule has 0 aromatic rings. The Bertz CT molecular complexity index is 113. The van der Waals surface area contributed by atoms with Crippen molar-refractivity contribution in [3.8, 4) is 0 Å². The van der Waals surface area contributed by atoms with Crippen molar-refractivity contribution < 1.29 is 32.2 Å². The number of allylic oxidation sites excluding steroid dienone is 1. The summed E-state index contributed by atoms with van der Waals surface area (Å²) in [5, 5.41) is 2.90. The summed E-state index contributed by atoms with van der Waals surface area (Å²) < 4.78 is 0. The van der Waals surface area contributed by atoms with E-state index in [9.17, 15) is 4.79 Å². The second-order valence-corrected chi connectivity index (χ2v) is 1.61. The lowest BCUT2D eigenvalue weighted by atomic mass is 10.3. The van der Waals surface area contributed by atoms with Crippen molar-refractivity contribution in [3.63, 3.8) is 0 Å². The smallest absolute Gasteiger partial charge is 0.145 e. The fourth-order valence-corrected chi connectivity index (χ4v) is 0.680. The molecule has 11 N–H and O–H groups in total. The van der Waals surface area contributed by atoms with Gasteiger partial charge in [0, 0.05) is 6.54 Å². The van der Waals surface area contributed by atoms with Crippen LogP contribution in [0.15, 0.2) is 5.70 Å². The fourth-order valence-electron chi connectivity index (χ4n) is 0.680. The van der Waals surface area contributed by atoms with E-state index in [1.54, 1.807) is 0 Å². The van der Waals surface area contributed by atoms with Gasteiger partial charge < -0.3 is 32.7 Å². The second kappa shape index (κ2) is 16.6. The molecule has 0 aliphatic carbocycles. The van der Waals surface area contributed by atoms with Crippen LogP contribution in [-0.2, 0) is 4.79 Å². The predicted molar refractivity (Wildman–Crippen MR) is 44.5 cm³/mol. The minimum atomic E-state index is 0.